The van der Waals surface area contributed by atoms with E-state index in [1.165, 1.54) is 0 Å². The van der Waals surface area contributed by atoms with E-state index in [9.17, 15) is 0 Å². The molecule has 0 unspecified atom stereocenters. The molecule has 0 atom stereocenters. The molecular weight excluding hydrogens is 174 g/mol. The van der Waals surface area contributed by atoms with Crippen LogP contribution in [0.5, 0.6) is 0 Å². The Morgan fingerprint density at radius 3 is 2.92 bits per heavy atom. The molecule has 0 rings (SSSR count). The Labute approximate surface area is 79.9 Å². The van der Waals surface area contributed by atoms with E-state index in [0.29, 0.717) is 12.5 Å². The summed E-state index contributed by atoms with van der Waals surface area (Å²) in [6.45, 7) is 5.44. The van der Waals surface area contributed by atoms with E-state index in [4.69, 9.17) is 16.3 Å². The molecule has 0 aliphatic heterocycles. The molecule has 0 spiro atoms. The fourth-order valence-electron chi connectivity index (χ4n) is 0.759. The van der Waals surface area contributed by atoms with Gasteiger partial charge in [-0.15, -0.1) is 11.6 Å². The summed E-state index contributed by atoms with van der Waals surface area (Å²) in [6.07, 6.45) is 5.19. The SMILES string of the molecule is C/C=C/CNCCCOCCCl. The summed E-state index contributed by atoms with van der Waals surface area (Å²) >= 11 is 5.43. The third kappa shape index (κ3) is 9.95. The number of alkyl halides is 1. The van der Waals surface area contributed by atoms with Gasteiger partial charge in [0, 0.05) is 19.0 Å². The third-order valence-electron chi connectivity index (χ3n) is 1.36. The molecule has 12 heavy (non-hydrogen) atoms. The van der Waals surface area contributed by atoms with Crippen LogP contribution in [0.1, 0.15) is 13.3 Å². The van der Waals surface area contributed by atoms with E-state index < -0.39 is 0 Å². The molecule has 72 valence electrons. The van der Waals surface area contributed by atoms with Crippen molar-refractivity contribution in [1.29, 1.82) is 0 Å². The second kappa shape index (κ2) is 11.0. The Morgan fingerprint density at radius 1 is 1.42 bits per heavy atom. The van der Waals surface area contributed by atoms with Crippen molar-refractivity contribution < 1.29 is 4.74 Å². The molecular formula is C9H18ClNO. The minimum atomic E-state index is 0.589. The van der Waals surface area contributed by atoms with E-state index >= 15 is 0 Å². The van der Waals surface area contributed by atoms with Gasteiger partial charge in [0.2, 0.25) is 0 Å². The maximum atomic E-state index is 5.43. The van der Waals surface area contributed by atoms with Gasteiger partial charge >= 0.3 is 0 Å². The van der Waals surface area contributed by atoms with E-state index in [1.807, 2.05) is 13.0 Å². The van der Waals surface area contributed by atoms with Crippen LogP contribution in [0.15, 0.2) is 12.2 Å². The molecule has 0 saturated carbocycles. The highest BCUT2D eigenvalue weighted by molar-refractivity contribution is 6.17. The van der Waals surface area contributed by atoms with Gasteiger partial charge in [0.15, 0.2) is 0 Å². The van der Waals surface area contributed by atoms with Crippen molar-refractivity contribution in [2.24, 2.45) is 0 Å². The lowest BCUT2D eigenvalue weighted by molar-refractivity contribution is 0.146. The van der Waals surface area contributed by atoms with Crippen molar-refractivity contribution in [3.63, 3.8) is 0 Å². The van der Waals surface area contributed by atoms with Crippen LogP contribution in [-0.4, -0.2) is 32.2 Å². The van der Waals surface area contributed by atoms with E-state index in [1.54, 1.807) is 0 Å². The number of hydrogen-bond acceptors (Lipinski definition) is 2. The van der Waals surface area contributed by atoms with Crippen LogP contribution in [0.3, 0.4) is 0 Å². The van der Waals surface area contributed by atoms with Crippen molar-refractivity contribution >= 4 is 11.6 Å². The summed E-state index contributed by atoms with van der Waals surface area (Å²) < 4.78 is 5.20. The molecule has 0 saturated heterocycles. The fourth-order valence-corrected chi connectivity index (χ4v) is 0.868. The van der Waals surface area contributed by atoms with Crippen LogP contribution >= 0.6 is 11.6 Å². The molecule has 2 nitrogen and oxygen atoms in total. The number of allylic oxidation sites excluding steroid dienone is 1. The van der Waals surface area contributed by atoms with Gasteiger partial charge in [-0.1, -0.05) is 12.2 Å². The minimum absolute atomic E-state index is 0.589. The summed E-state index contributed by atoms with van der Waals surface area (Å²) in [5.74, 6) is 0.589. The summed E-state index contributed by atoms with van der Waals surface area (Å²) in [4.78, 5) is 0. The predicted octanol–water partition coefficient (Wildman–Crippen LogP) is 1.80. The van der Waals surface area contributed by atoms with E-state index in [0.717, 1.165) is 26.1 Å². The zero-order valence-corrected chi connectivity index (χ0v) is 8.44. The Kier molecular flexibility index (Phi) is 10.9. The van der Waals surface area contributed by atoms with Crippen LogP contribution in [-0.2, 0) is 4.74 Å². The highest BCUT2D eigenvalue weighted by Crippen LogP contribution is 1.82. The molecule has 0 aromatic carbocycles. The molecule has 1 N–H and O–H groups in total. The van der Waals surface area contributed by atoms with Crippen molar-refractivity contribution in [3.05, 3.63) is 12.2 Å². The highest BCUT2D eigenvalue weighted by atomic mass is 35.5. The second-order valence-electron chi connectivity index (χ2n) is 2.43. The predicted molar refractivity (Wildman–Crippen MR) is 53.8 cm³/mol. The Hall–Kier alpha value is -0.0500. The number of hydrogen-bond donors (Lipinski definition) is 1. The van der Waals surface area contributed by atoms with Gasteiger partial charge < -0.3 is 10.1 Å². The zero-order chi connectivity index (χ0) is 9.07. The van der Waals surface area contributed by atoms with Crippen molar-refractivity contribution in [2.75, 3.05) is 32.2 Å². The average Bonchev–Trinajstić information content (AvgIpc) is 2.10. The molecule has 0 radical (unpaired) electrons. The first kappa shape index (κ1) is 11.9. The van der Waals surface area contributed by atoms with Gasteiger partial charge in [0.25, 0.3) is 0 Å². The van der Waals surface area contributed by atoms with Gasteiger partial charge in [-0.25, -0.2) is 0 Å². The van der Waals surface area contributed by atoms with Crippen LogP contribution in [0, 0.1) is 0 Å². The lowest BCUT2D eigenvalue weighted by Crippen LogP contribution is -2.16. The van der Waals surface area contributed by atoms with Gasteiger partial charge in [-0.05, 0) is 19.9 Å². The molecule has 0 amide bonds. The Morgan fingerprint density at radius 2 is 2.25 bits per heavy atom. The van der Waals surface area contributed by atoms with Crippen molar-refractivity contribution in [3.8, 4) is 0 Å². The van der Waals surface area contributed by atoms with Gasteiger partial charge in [-0.3, -0.25) is 0 Å². The maximum absolute atomic E-state index is 5.43. The fraction of sp³-hybridized carbons (Fsp3) is 0.778. The first-order valence-corrected chi connectivity index (χ1v) is 4.91. The molecule has 0 aliphatic rings. The van der Waals surface area contributed by atoms with Crippen molar-refractivity contribution in [1.82, 2.24) is 5.32 Å². The zero-order valence-electron chi connectivity index (χ0n) is 7.68. The number of nitrogens with one attached hydrogen (secondary N) is 1. The summed E-state index contributed by atoms with van der Waals surface area (Å²) in [7, 11) is 0. The monoisotopic (exact) mass is 191 g/mol. The minimum Gasteiger partial charge on any atom is -0.380 e. The van der Waals surface area contributed by atoms with Crippen LogP contribution in [0.25, 0.3) is 0 Å². The first-order valence-electron chi connectivity index (χ1n) is 4.37. The smallest absolute Gasteiger partial charge is 0.0601 e. The second-order valence-corrected chi connectivity index (χ2v) is 2.81. The lowest BCUT2D eigenvalue weighted by atomic mass is 10.4. The van der Waals surface area contributed by atoms with Crippen LogP contribution in [0.4, 0.5) is 0 Å². The maximum Gasteiger partial charge on any atom is 0.0601 e. The molecule has 0 aromatic rings. The molecule has 0 aromatic heterocycles. The van der Waals surface area contributed by atoms with Gasteiger partial charge in [0.1, 0.15) is 0 Å². The average molecular weight is 192 g/mol. The van der Waals surface area contributed by atoms with Gasteiger partial charge in [-0.2, -0.15) is 0 Å². The number of ether oxygens (including phenoxy) is 1. The molecule has 0 bridgehead atoms. The molecule has 0 heterocycles. The van der Waals surface area contributed by atoms with Crippen LogP contribution < -0.4 is 5.32 Å². The summed E-state index contributed by atoms with van der Waals surface area (Å²) in [5.41, 5.74) is 0. The van der Waals surface area contributed by atoms with Crippen molar-refractivity contribution in [2.45, 2.75) is 13.3 Å². The number of rotatable bonds is 8. The standard InChI is InChI=1S/C9H18ClNO/c1-2-3-6-11-7-4-8-12-9-5-10/h2-3,11H,4-9H2,1H3/b3-2+. The molecule has 0 fully saturated rings. The lowest BCUT2D eigenvalue weighted by Gasteiger charge is -2.02. The number of halogens is 1. The van der Waals surface area contributed by atoms with Gasteiger partial charge in [0.05, 0.1) is 6.61 Å². The Bertz CT molecular complexity index is 107. The summed E-state index contributed by atoms with van der Waals surface area (Å²) in [5, 5.41) is 3.26. The normalized spacial score (nSPS) is 11.2. The van der Waals surface area contributed by atoms with Crippen LogP contribution in [0.2, 0.25) is 0 Å². The topological polar surface area (TPSA) is 21.3 Å². The quantitative estimate of drug-likeness (QED) is 0.359. The molecule has 0 aliphatic carbocycles. The highest BCUT2D eigenvalue weighted by Gasteiger charge is 1.86. The van der Waals surface area contributed by atoms with E-state index in [-0.39, 0.29) is 0 Å². The Balaban J connectivity index is 2.81. The molecule has 3 heteroatoms. The van der Waals surface area contributed by atoms with E-state index in [2.05, 4.69) is 11.4 Å². The first-order chi connectivity index (χ1) is 5.91. The largest absolute Gasteiger partial charge is 0.380 e. The summed E-state index contributed by atoms with van der Waals surface area (Å²) in [6, 6.07) is 0. The third-order valence-corrected chi connectivity index (χ3v) is 1.52.